The average molecular weight is 327 g/mol. The van der Waals surface area contributed by atoms with Crippen LogP contribution >= 0.6 is 15.9 Å². The summed E-state index contributed by atoms with van der Waals surface area (Å²) >= 11 is 3.22. The minimum absolute atomic E-state index is 0.0322. The van der Waals surface area contributed by atoms with Crippen molar-refractivity contribution in [3.63, 3.8) is 0 Å². The summed E-state index contributed by atoms with van der Waals surface area (Å²) in [4.78, 5) is 11.9. The van der Waals surface area contributed by atoms with Gasteiger partial charge >= 0.3 is 0 Å². The Morgan fingerprint density at radius 3 is 2.32 bits per heavy atom. The number of benzene rings is 2. The molecule has 0 aromatic heterocycles. The van der Waals surface area contributed by atoms with Crippen LogP contribution in [-0.4, -0.2) is 5.91 Å². The molecule has 0 heterocycles. The SMILES string of the molecule is Nc1cc(Br)ccc1C(=O)Nc1cc(F)cc(F)c1. The summed E-state index contributed by atoms with van der Waals surface area (Å²) in [6.45, 7) is 0. The number of carbonyl (C=O) groups excluding carboxylic acids is 1. The molecule has 3 nitrogen and oxygen atoms in total. The molecule has 3 N–H and O–H groups in total. The Labute approximate surface area is 116 Å². The van der Waals surface area contributed by atoms with Crippen LogP contribution < -0.4 is 11.1 Å². The molecule has 98 valence electrons. The largest absolute Gasteiger partial charge is 0.398 e. The molecule has 2 aromatic carbocycles. The van der Waals surface area contributed by atoms with E-state index in [1.807, 2.05) is 0 Å². The van der Waals surface area contributed by atoms with Crippen LogP contribution in [0.2, 0.25) is 0 Å². The van der Waals surface area contributed by atoms with E-state index < -0.39 is 17.5 Å². The van der Waals surface area contributed by atoms with Gasteiger partial charge in [-0.3, -0.25) is 4.79 Å². The number of rotatable bonds is 2. The highest BCUT2D eigenvalue weighted by Crippen LogP contribution is 2.20. The Kier molecular flexibility index (Phi) is 3.80. The highest BCUT2D eigenvalue weighted by molar-refractivity contribution is 9.10. The van der Waals surface area contributed by atoms with Crippen molar-refractivity contribution < 1.29 is 13.6 Å². The van der Waals surface area contributed by atoms with E-state index in [1.165, 1.54) is 6.07 Å². The first-order valence-electron chi connectivity index (χ1n) is 5.28. The summed E-state index contributed by atoms with van der Waals surface area (Å²) < 4.78 is 26.7. The molecule has 0 fully saturated rings. The van der Waals surface area contributed by atoms with Crippen molar-refractivity contribution >= 4 is 33.2 Å². The van der Waals surface area contributed by atoms with Crippen LogP contribution in [0.25, 0.3) is 0 Å². The van der Waals surface area contributed by atoms with E-state index in [4.69, 9.17) is 5.73 Å². The molecule has 2 aromatic rings. The van der Waals surface area contributed by atoms with E-state index in [9.17, 15) is 13.6 Å². The zero-order chi connectivity index (χ0) is 14.0. The Morgan fingerprint density at radius 1 is 1.11 bits per heavy atom. The third-order valence-corrected chi connectivity index (χ3v) is 2.87. The molecule has 6 heteroatoms. The normalized spacial score (nSPS) is 10.3. The molecule has 2 rings (SSSR count). The third-order valence-electron chi connectivity index (χ3n) is 2.38. The zero-order valence-electron chi connectivity index (χ0n) is 9.58. The molecule has 0 saturated carbocycles. The molecule has 1 amide bonds. The molecular formula is C13H9BrF2N2O. The van der Waals surface area contributed by atoms with Gasteiger partial charge in [-0.1, -0.05) is 15.9 Å². The van der Waals surface area contributed by atoms with Crippen molar-refractivity contribution in [2.24, 2.45) is 0 Å². The molecule has 0 aliphatic rings. The average Bonchev–Trinajstić information content (AvgIpc) is 2.26. The Morgan fingerprint density at radius 2 is 1.74 bits per heavy atom. The number of hydrogen-bond donors (Lipinski definition) is 2. The third kappa shape index (κ3) is 3.29. The van der Waals surface area contributed by atoms with Crippen molar-refractivity contribution in [2.45, 2.75) is 0 Å². The number of hydrogen-bond acceptors (Lipinski definition) is 2. The maximum absolute atomic E-state index is 13.0. The van der Waals surface area contributed by atoms with Crippen LogP contribution in [0.5, 0.6) is 0 Å². The fourth-order valence-corrected chi connectivity index (χ4v) is 1.94. The lowest BCUT2D eigenvalue weighted by Crippen LogP contribution is -2.14. The summed E-state index contributed by atoms with van der Waals surface area (Å²) in [5.41, 5.74) is 6.23. The lowest BCUT2D eigenvalue weighted by atomic mass is 10.1. The van der Waals surface area contributed by atoms with Gasteiger partial charge in [0.25, 0.3) is 5.91 Å². The van der Waals surface area contributed by atoms with Crippen LogP contribution in [-0.2, 0) is 0 Å². The van der Waals surface area contributed by atoms with E-state index in [-0.39, 0.29) is 16.9 Å². The first-order valence-corrected chi connectivity index (χ1v) is 6.07. The summed E-state index contributed by atoms with van der Waals surface area (Å²) in [7, 11) is 0. The number of halogens is 3. The van der Waals surface area contributed by atoms with Gasteiger partial charge in [0.05, 0.1) is 5.56 Å². The first kappa shape index (κ1) is 13.5. The second kappa shape index (κ2) is 5.36. The fraction of sp³-hybridized carbons (Fsp3) is 0. The minimum Gasteiger partial charge on any atom is -0.398 e. The fourth-order valence-electron chi connectivity index (χ4n) is 1.56. The number of nitrogens with two attached hydrogens (primary N) is 1. The van der Waals surface area contributed by atoms with Crippen LogP contribution in [0.15, 0.2) is 40.9 Å². The van der Waals surface area contributed by atoms with Gasteiger partial charge in [-0.05, 0) is 30.3 Å². The standard InChI is InChI=1S/C13H9BrF2N2O/c14-7-1-2-11(12(17)3-7)13(19)18-10-5-8(15)4-9(16)6-10/h1-6H,17H2,(H,18,19). The molecule has 0 aliphatic heterocycles. The Hall–Kier alpha value is -1.95. The molecule has 19 heavy (non-hydrogen) atoms. The van der Waals surface area contributed by atoms with Gasteiger partial charge in [0.2, 0.25) is 0 Å². The quantitative estimate of drug-likeness (QED) is 0.829. The topological polar surface area (TPSA) is 55.1 Å². The van der Waals surface area contributed by atoms with Crippen molar-refractivity contribution in [3.05, 3.63) is 58.1 Å². The maximum Gasteiger partial charge on any atom is 0.257 e. The van der Waals surface area contributed by atoms with Gasteiger partial charge < -0.3 is 11.1 Å². The Balaban J connectivity index is 2.25. The predicted octanol–water partition coefficient (Wildman–Crippen LogP) is 3.56. The molecular weight excluding hydrogens is 318 g/mol. The monoisotopic (exact) mass is 326 g/mol. The number of anilines is 2. The molecule has 0 radical (unpaired) electrons. The zero-order valence-corrected chi connectivity index (χ0v) is 11.2. The predicted molar refractivity (Wildman–Crippen MR) is 72.9 cm³/mol. The van der Waals surface area contributed by atoms with E-state index in [0.717, 1.165) is 22.7 Å². The number of amides is 1. The minimum atomic E-state index is -0.765. The number of nitrogens with one attached hydrogen (secondary N) is 1. The summed E-state index contributed by atoms with van der Waals surface area (Å²) in [5, 5.41) is 2.39. The van der Waals surface area contributed by atoms with Crippen molar-refractivity contribution in [1.82, 2.24) is 0 Å². The smallest absolute Gasteiger partial charge is 0.257 e. The van der Waals surface area contributed by atoms with Crippen LogP contribution in [0, 0.1) is 11.6 Å². The molecule has 0 atom stereocenters. The van der Waals surface area contributed by atoms with Crippen LogP contribution in [0.1, 0.15) is 10.4 Å². The molecule has 0 bridgehead atoms. The number of nitrogen functional groups attached to an aromatic ring is 1. The van der Waals surface area contributed by atoms with Crippen molar-refractivity contribution in [3.8, 4) is 0 Å². The van der Waals surface area contributed by atoms with Crippen LogP contribution in [0.3, 0.4) is 0 Å². The Bertz CT molecular complexity index is 626. The van der Waals surface area contributed by atoms with Gasteiger partial charge in [-0.25, -0.2) is 8.78 Å². The van der Waals surface area contributed by atoms with E-state index in [2.05, 4.69) is 21.2 Å². The van der Waals surface area contributed by atoms with Gasteiger partial charge in [0, 0.05) is 21.9 Å². The lowest BCUT2D eigenvalue weighted by Gasteiger charge is -2.08. The molecule has 0 spiro atoms. The van der Waals surface area contributed by atoms with Crippen molar-refractivity contribution in [2.75, 3.05) is 11.1 Å². The van der Waals surface area contributed by atoms with Gasteiger partial charge in [-0.15, -0.1) is 0 Å². The summed E-state index contributed by atoms with van der Waals surface area (Å²) in [6, 6.07) is 7.51. The van der Waals surface area contributed by atoms with E-state index in [0.29, 0.717) is 0 Å². The van der Waals surface area contributed by atoms with E-state index in [1.54, 1.807) is 12.1 Å². The lowest BCUT2D eigenvalue weighted by molar-refractivity contribution is 0.102. The first-order chi connectivity index (χ1) is 8.95. The highest BCUT2D eigenvalue weighted by atomic mass is 79.9. The van der Waals surface area contributed by atoms with Crippen LogP contribution in [0.4, 0.5) is 20.2 Å². The highest BCUT2D eigenvalue weighted by Gasteiger charge is 2.11. The van der Waals surface area contributed by atoms with Gasteiger partial charge in [0.15, 0.2) is 0 Å². The van der Waals surface area contributed by atoms with E-state index >= 15 is 0 Å². The van der Waals surface area contributed by atoms with Crippen molar-refractivity contribution in [1.29, 1.82) is 0 Å². The molecule has 0 aliphatic carbocycles. The summed E-state index contributed by atoms with van der Waals surface area (Å²) in [5.74, 6) is -2.06. The second-order valence-corrected chi connectivity index (χ2v) is 4.76. The maximum atomic E-state index is 13.0. The summed E-state index contributed by atoms with van der Waals surface area (Å²) in [6.07, 6.45) is 0. The molecule has 0 saturated heterocycles. The van der Waals surface area contributed by atoms with Gasteiger partial charge in [0.1, 0.15) is 11.6 Å². The molecule has 0 unspecified atom stereocenters. The number of carbonyl (C=O) groups is 1. The second-order valence-electron chi connectivity index (χ2n) is 3.84. The van der Waals surface area contributed by atoms with Gasteiger partial charge in [-0.2, -0.15) is 0 Å².